The standard InChI is InChI=1S/C23H22ClN7O3/c1-30(2)19-10-11-20(18-9-4-3-8-17(18)19)34-23(33)25-12-13-31-22(27-28-29-31)26-21(32)15-6-5-7-16(24)14-15/h3-11,14H,12-13H2,1-2H3,(H,25,33)(H,26,27,29,32). The average Bonchev–Trinajstić information content (AvgIpc) is 3.25. The van der Waals surface area contributed by atoms with Crippen LogP contribution in [0, 0.1) is 0 Å². The fraction of sp³-hybridized carbons (Fsp3) is 0.174. The second-order valence-electron chi connectivity index (χ2n) is 7.53. The van der Waals surface area contributed by atoms with Gasteiger partial charge in [-0.15, -0.1) is 0 Å². The van der Waals surface area contributed by atoms with E-state index in [2.05, 4.69) is 26.2 Å². The van der Waals surface area contributed by atoms with E-state index in [1.54, 1.807) is 24.3 Å². The molecule has 0 fully saturated rings. The van der Waals surface area contributed by atoms with Crippen molar-refractivity contribution in [3.05, 3.63) is 71.2 Å². The second kappa shape index (κ2) is 10.2. The number of anilines is 2. The minimum absolute atomic E-state index is 0.144. The molecule has 11 heteroatoms. The lowest BCUT2D eigenvalue weighted by molar-refractivity contribution is 0.102. The molecule has 1 aromatic heterocycles. The maximum absolute atomic E-state index is 12.4. The fourth-order valence-corrected chi connectivity index (χ4v) is 3.57. The molecule has 0 aliphatic rings. The summed E-state index contributed by atoms with van der Waals surface area (Å²) in [5.74, 6) is 0.194. The highest BCUT2D eigenvalue weighted by molar-refractivity contribution is 6.31. The number of carbonyl (C=O) groups is 2. The van der Waals surface area contributed by atoms with Crippen molar-refractivity contribution in [2.75, 3.05) is 30.9 Å². The summed E-state index contributed by atoms with van der Waals surface area (Å²) in [7, 11) is 3.92. The number of benzene rings is 3. The zero-order chi connectivity index (χ0) is 24.1. The SMILES string of the molecule is CN(C)c1ccc(OC(=O)NCCn2nnnc2NC(=O)c2cccc(Cl)c2)c2ccccc12. The zero-order valence-corrected chi connectivity index (χ0v) is 19.3. The van der Waals surface area contributed by atoms with E-state index >= 15 is 0 Å². The van der Waals surface area contributed by atoms with E-state index in [0.717, 1.165) is 16.5 Å². The van der Waals surface area contributed by atoms with Gasteiger partial charge in [-0.2, -0.15) is 0 Å². The van der Waals surface area contributed by atoms with E-state index in [4.69, 9.17) is 16.3 Å². The largest absolute Gasteiger partial charge is 0.412 e. The topological polar surface area (TPSA) is 114 Å². The first-order valence-corrected chi connectivity index (χ1v) is 10.8. The minimum Gasteiger partial charge on any atom is -0.410 e. The Labute approximate surface area is 200 Å². The molecule has 10 nitrogen and oxygen atoms in total. The Balaban J connectivity index is 1.35. The summed E-state index contributed by atoms with van der Waals surface area (Å²) in [4.78, 5) is 26.8. The van der Waals surface area contributed by atoms with Gasteiger partial charge in [0.15, 0.2) is 0 Å². The molecule has 0 aliphatic heterocycles. The first kappa shape index (κ1) is 23.0. The van der Waals surface area contributed by atoms with Crippen LogP contribution >= 0.6 is 11.6 Å². The highest BCUT2D eigenvalue weighted by Gasteiger charge is 2.14. The molecule has 4 aromatic rings. The summed E-state index contributed by atoms with van der Waals surface area (Å²) in [6.45, 7) is 0.394. The van der Waals surface area contributed by atoms with Crippen LogP contribution in [0.3, 0.4) is 0 Å². The molecule has 0 radical (unpaired) electrons. The van der Waals surface area contributed by atoms with E-state index in [0.29, 0.717) is 16.3 Å². The molecule has 0 atom stereocenters. The maximum atomic E-state index is 12.4. The van der Waals surface area contributed by atoms with Crippen LogP contribution in [0.15, 0.2) is 60.7 Å². The van der Waals surface area contributed by atoms with E-state index in [-0.39, 0.29) is 19.0 Å². The van der Waals surface area contributed by atoms with Gasteiger partial charge in [-0.25, -0.2) is 9.48 Å². The van der Waals surface area contributed by atoms with Crippen molar-refractivity contribution in [3.63, 3.8) is 0 Å². The molecule has 0 saturated carbocycles. The molecule has 2 amide bonds. The second-order valence-corrected chi connectivity index (χ2v) is 7.97. The molecule has 0 saturated heterocycles. The lowest BCUT2D eigenvalue weighted by Crippen LogP contribution is -2.30. The molecule has 0 aliphatic carbocycles. The van der Waals surface area contributed by atoms with Gasteiger partial charge >= 0.3 is 6.09 Å². The minimum atomic E-state index is -0.611. The first-order valence-electron chi connectivity index (χ1n) is 10.4. The van der Waals surface area contributed by atoms with E-state index < -0.39 is 12.0 Å². The van der Waals surface area contributed by atoms with Crippen molar-refractivity contribution in [2.24, 2.45) is 0 Å². The Morgan fingerprint density at radius 1 is 1.06 bits per heavy atom. The fourth-order valence-electron chi connectivity index (χ4n) is 3.38. The molecular formula is C23H22ClN7O3. The Kier molecular flexibility index (Phi) is 6.88. The molecule has 0 bridgehead atoms. The first-order chi connectivity index (χ1) is 16.4. The van der Waals surface area contributed by atoms with E-state index in [1.165, 1.54) is 10.7 Å². The van der Waals surface area contributed by atoms with Crippen molar-refractivity contribution >= 4 is 46.0 Å². The number of rotatable bonds is 7. The number of ether oxygens (including phenoxy) is 1. The number of tetrazole rings is 1. The van der Waals surface area contributed by atoms with E-state index in [1.807, 2.05) is 49.3 Å². The van der Waals surface area contributed by atoms with Crippen LogP contribution in [-0.2, 0) is 6.54 Å². The molecule has 3 aromatic carbocycles. The Hall–Kier alpha value is -4.18. The van der Waals surface area contributed by atoms with Gasteiger partial charge < -0.3 is 15.0 Å². The molecule has 34 heavy (non-hydrogen) atoms. The molecule has 2 N–H and O–H groups in total. The van der Waals surface area contributed by atoms with Crippen LogP contribution in [0.4, 0.5) is 16.4 Å². The summed E-state index contributed by atoms with van der Waals surface area (Å²) in [5.41, 5.74) is 1.39. The lowest BCUT2D eigenvalue weighted by atomic mass is 10.1. The molecule has 174 valence electrons. The van der Waals surface area contributed by atoms with Crippen LogP contribution in [0.5, 0.6) is 5.75 Å². The van der Waals surface area contributed by atoms with Gasteiger partial charge in [-0.3, -0.25) is 10.1 Å². The normalized spacial score (nSPS) is 10.7. The van der Waals surface area contributed by atoms with Gasteiger partial charge in [0, 0.05) is 47.7 Å². The summed E-state index contributed by atoms with van der Waals surface area (Å²) < 4.78 is 6.90. The highest BCUT2D eigenvalue weighted by Crippen LogP contribution is 2.32. The summed E-state index contributed by atoms with van der Waals surface area (Å²) in [5, 5.41) is 18.8. The molecule has 0 spiro atoms. The number of nitrogens with one attached hydrogen (secondary N) is 2. The summed E-state index contributed by atoms with van der Waals surface area (Å²) >= 11 is 5.93. The summed E-state index contributed by atoms with van der Waals surface area (Å²) in [6, 6.07) is 17.9. The van der Waals surface area contributed by atoms with Crippen molar-refractivity contribution in [1.82, 2.24) is 25.5 Å². The molecule has 0 unspecified atom stereocenters. The monoisotopic (exact) mass is 479 g/mol. The third-order valence-corrected chi connectivity index (χ3v) is 5.22. The highest BCUT2D eigenvalue weighted by atomic mass is 35.5. The number of fused-ring (bicyclic) bond motifs is 1. The van der Waals surface area contributed by atoms with Crippen molar-refractivity contribution in [2.45, 2.75) is 6.54 Å². The third kappa shape index (κ3) is 5.24. The zero-order valence-electron chi connectivity index (χ0n) is 18.5. The van der Waals surface area contributed by atoms with Gasteiger partial charge in [-0.05, 0) is 40.8 Å². The number of aromatic nitrogens is 4. The van der Waals surface area contributed by atoms with Crippen LogP contribution in [-0.4, -0.2) is 52.8 Å². The lowest BCUT2D eigenvalue weighted by Gasteiger charge is -2.17. The number of carbonyl (C=O) groups excluding carboxylic acids is 2. The molecule has 4 rings (SSSR count). The number of halogens is 1. The Bertz CT molecular complexity index is 1340. The smallest absolute Gasteiger partial charge is 0.410 e. The summed E-state index contributed by atoms with van der Waals surface area (Å²) in [6.07, 6.45) is -0.611. The van der Waals surface area contributed by atoms with Crippen molar-refractivity contribution in [1.29, 1.82) is 0 Å². The number of hydrogen-bond acceptors (Lipinski definition) is 7. The third-order valence-electron chi connectivity index (χ3n) is 4.98. The van der Waals surface area contributed by atoms with Crippen LogP contribution in [0.25, 0.3) is 10.8 Å². The van der Waals surface area contributed by atoms with Crippen LogP contribution in [0.2, 0.25) is 5.02 Å². The van der Waals surface area contributed by atoms with Crippen LogP contribution in [0.1, 0.15) is 10.4 Å². The van der Waals surface area contributed by atoms with Crippen molar-refractivity contribution < 1.29 is 14.3 Å². The maximum Gasteiger partial charge on any atom is 0.412 e. The van der Waals surface area contributed by atoms with Gasteiger partial charge in [-0.1, -0.05) is 47.0 Å². The molecule has 1 heterocycles. The quantitative estimate of drug-likeness (QED) is 0.416. The van der Waals surface area contributed by atoms with Gasteiger partial charge in [0.05, 0.1) is 6.54 Å². The average molecular weight is 480 g/mol. The number of hydrogen-bond donors (Lipinski definition) is 2. The number of amides is 2. The van der Waals surface area contributed by atoms with Gasteiger partial charge in [0.1, 0.15) is 5.75 Å². The Morgan fingerprint density at radius 2 is 1.85 bits per heavy atom. The van der Waals surface area contributed by atoms with Gasteiger partial charge in [0.2, 0.25) is 5.95 Å². The van der Waals surface area contributed by atoms with Crippen molar-refractivity contribution in [3.8, 4) is 5.75 Å². The Morgan fingerprint density at radius 3 is 2.62 bits per heavy atom. The van der Waals surface area contributed by atoms with E-state index in [9.17, 15) is 9.59 Å². The van der Waals surface area contributed by atoms with Crippen LogP contribution < -0.4 is 20.3 Å². The number of nitrogens with zero attached hydrogens (tertiary/aromatic N) is 5. The predicted octanol–water partition coefficient (Wildman–Crippen LogP) is 3.59. The molecular weight excluding hydrogens is 458 g/mol. The predicted molar refractivity (Wildman–Crippen MR) is 130 cm³/mol. The van der Waals surface area contributed by atoms with Gasteiger partial charge in [0.25, 0.3) is 5.91 Å².